The SMILES string of the molecule is CSc1ncc(-c2cc(C)c3cc(CS(C)(=O)=O)ccc3n2)cn1. The van der Waals surface area contributed by atoms with Gasteiger partial charge in [-0.1, -0.05) is 17.8 Å². The van der Waals surface area contributed by atoms with Gasteiger partial charge in [0, 0.05) is 29.6 Å². The molecule has 0 atom stereocenters. The molecule has 0 radical (unpaired) electrons. The van der Waals surface area contributed by atoms with Crippen LogP contribution in [0, 0.1) is 6.92 Å². The molecule has 124 valence electrons. The topological polar surface area (TPSA) is 72.8 Å². The molecule has 0 amide bonds. The quantitative estimate of drug-likeness (QED) is 0.526. The lowest BCUT2D eigenvalue weighted by Crippen LogP contribution is -2.01. The van der Waals surface area contributed by atoms with Gasteiger partial charge in [0.05, 0.1) is 17.0 Å². The zero-order chi connectivity index (χ0) is 17.3. The highest BCUT2D eigenvalue weighted by Gasteiger charge is 2.09. The Hall–Kier alpha value is -1.99. The van der Waals surface area contributed by atoms with Crippen molar-refractivity contribution >= 4 is 32.5 Å². The normalized spacial score (nSPS) is 11.8. The van der Waals surface area contributed by atoms with Crippen LogP contribution in [-0.4, -0.2) is 35.9 Å². The zero-order valence-electron chi connectivity index (χ0n) is 13.6. The highest BCUT2D eigenvalue weighted by Crippen LogP contribution is 2.25. The van der Waals surface area contributed by atoms with Crippen molar-refractivity contribution in [2.45, 2.75) is 17.8 Å². The number of thioether (sulfide) groups is 1. The fourth-order valence-corrected chi connectivity index (χ4v) is 3.64. The number of rotatable bonds is 4. The average Bonchev–Trinajstić information content (AvgIpc) is 2.54. The molecule has 0 saturated heterocycles. The van der Waals surface area contributed by atoms with E-state index in [2.05, 4.69) is 15.0 Å². The summed E-state index contributed by atoms with van der Waals surface area (Å²) in [6.45, 7) is 1.99. The van der Waals surface area contributed by atoms with Crippen molar-refractivity contribution in [1.82, 2.24) is 15.0 Å². The number of pyridine rings is 1. The molecule has 0 aliphatic rings. The lowest BCUT2D eigenvalue weighted by Gasteiger charge is -2.08. The van der Waals surface area contributed by atoms with Crippen LogP contribution in [0.5, 0.6) is 0 Å². The van der Waals surface area contributed by atoms with E-state index < -0.39 is 9.84 Å². The molecular formula is C17H17N3O2S2. The maximum atomic E-state index is 11.5. The van der Waals surface area contributed by atoms with Crippen molar-refractivity contribution in [2.24, 2.45) is 0 Å². The summed E-state index contributed by atoms with van der Waals surface area (Å²) in [7, 11) is -3.06. The van der Waals surface area contributed by atoms with Gasteiger partial charge < -0.3 is 0 Å². The Morgan fingerprint density at radius 3 is 2.46 bits per heavy atom. The minimum atomic E-state index is -3.06. The van der Waals surface area contributed by atoms with Gasteiger partial charge >= 0.3 is 0 Å². The molecule has 0 aliphatic carbocycles. The molecular weight excluding hydrogens is 342 g/mol. The van der Waals surface area contributed by atoms with Crippen LogP contribution in [0.1, 0.15) is 11.1 Å². The van der Waals surface area contributed by atoms with Gasteiger partial charge in [-0.2, -0.15) is 0 Å². The monoisotopic (exact) mass is 359 g/mol. The van der Waals surface area contributed by atoms with E-state index in [0.717, 1.165) is 38.4 Å². The summed E-state index contributed by atoms with van der Waals surface area (Å²) in [5.41, 5.74) is 4.31. The smallest absolute Gasteiger partial charge is 0.187 e. The second kappa shape index (κ2) is 6.49. The largest absolute Gasteiger partial charge is 0.248 e. The first-order chi connectivity index (χ1) is 11.4. The lowest BCUT2D eigenvalue weighted by molar-refractivity contribution is 0.601. The van der Waals surface area contributed by atoms with E-state index >= 15 is 0 Å². The minimum Gasteiger partial charge on any atom is -0.248 e. The molecule has 3 aromatic rings. The Morgan fingerprint density at radius 1 is 1.12 bits per heavy atom. The van der Waals surface area contributed by atoms with Crippen molar-refractivity contribution < 1.29 is 8.42 Å². The van der Waals surface area contributed by atoms with E-state index in [1.54, 1.807) is 12.4 Å². The summed E-state index contributed by atoms with van der Waals surface area (Å²) in [4.78, 5) is 13.2. The molecule has 0 bridgehead atoms. The fourth-order valence-electron chi connectivity index (χ4n) is 2.54. The highest BCUT2D eigenvalue weighted by atomic mass is 32.2. The molecule has 24 heavy (non-hydrogen) atoms. The van der Waals surface area contributed by atoms with Gasteiger partial charge in [-0.05, 0) is 42.5 Å². The number of hydrogen-bond donors (Lipinski definition) is 0. The van der Waals surface area contributed by atoms with Crippen LogP contribution in [0.15, 0.2) is 41.8 Å². The molecule has 0 fully saturated rings. The molecule has 7 heteroatoms. The number of hydrogen-bond acceptors (Lipinski definition) is 6. The summed E-state index contributed by atoms with van der Waals surface area (Å²) in [5, 5.41) is 1.68. The van der Waals surface area contributed by atoms with Crippen LogP contribution in [-0.2, 0) is 15.6 Å². The number of fused-ring (bicyclic) bond motifs is 1. The molecule has 0 saturated carbocycles. The molecule has 5 nitrogen and oxygen atoms in total. The third-order valence-electron chi connectivity index (χ3n) is 3.62. The minimum absolute atomic E-state index is 0.0358. The molecule has 0 unspecified atom stereocenters. The van der Waals surface area contributed by atoms with Crippen LogP contribution < -0.4 is 0 Å². The number of nitrogens with zero attached hydrogens (tertiary/aromatic N) is 3. The van der Waals surface area contributed by atoms with E-state index in [4.69, 9.17) is 0 Å². The van der Waals surface area contributed by atoms with E-state index in [1.165, 1.54) is 18.0 Å². The number of aromatic nitrogens is 3. The Balaban J connectivity index is 2.05. The van der Waals surface area contributed by atoms with Crippen LogP contribution >= 0.6 is 11.8 Å². The highest BCUT2D eigenvalue weighted by molar-refractivity contribution is 7.98. The first-order valence-electron chi connectivity index (χ1n) is 7.30. The van der Waals surface area contributed by atoms with Crippen LogP contribution in [0.25, 0.3) is 22.2 Å². The second-order valence-corrected chi connectivity index (χ2v) is 8.62. The zero-order valence-corrected chi connectivity index (χ0v) is 15.3. The van der Waals surface area contributed by atoms with Gasteiger partial charge in [0.15, 0.2) is 15.0 Å². The fraction of sp³-hybridized carbons (Fsp3) is 0.235. The van der Waals surface area contributed by atoms with Crippen molar-refractivity contribution in [3.05, 3.63) is 47.8 Å². The maximum absolute atomic E-state index is 11.5. The van der Waals surface area contributed by atoms with Gasteiger partial charge in [-0.3, -0.25) is 0 Å². The molecule has 2 aromatic heterocycles. The molecule has 1 aromatic carbocycles. The maximum Gasteiger partial charge on any atom is 0.187 e. The standard InChI is InChI=1S/C17H17N3O2S2/c1-11-6-16(13-8-18-17(23-2)19-9-13)20-15-5-4-12(7-14(11)15)10-24(3,21)22/h4-9H,10H2,1-3H3. The summed E-state index contributed by atoms with van der Waals surface area (Å²) >= 11 is 1.49. The predicted octanol–water partition coefficient (Wildman–Crippen LogP) is 3.27. The molecule has 0 aliphatic heterocycles. The van der Waals surface area contributed by atoms with Crippen molar-refractivity contribution in [2.75, 3.05) is 12.5 Å². The number of sulfone groups is 1. The number of benzene rings is 1. The van der Waals surface area contributed by atoms with E-state index in [9.17, 15) is 8.42 Å². The van der Waals surface area contributed by atoms with Crippen molar-refractivity contribution in [3.8, 4) is 11.3 Å². The summed E-state index contributed by atoms with van der Waals surface area (Å²) in [6, 6.07) is 7.55. The Bertz CT molecular complexity index is 1000. The lowest BCUT2D eigenvalue weighted by atomic mass is 10.0. The summed E-state index contributed by atoms with van der Waals surface area (Å²) in [5.74, 6) is 0.0358. The Kier molecular flexibility index (Phi) is 4.56. The van der Waals surface area contributed by atoms with Gasteiger partial charge in [-0.15, -0.1) is 0 Å². The van der Waals surface area contributed by atoms with Crippen molar-refractivity contribution in [1.29, 1.82) is 0 Å². The molecule has 0 spiro atoms. The molecule has 3 rings (SSSR count). The van der Waals surface area contributed by atoms with Gasteiger partial charge in [-0.25, -0.2) is 23.4 Å². The Labute approximate surface area is 145 Å². The van der Waals surface area contributed by atoms with Crippen LogP contribution in [0.3, 0.4) is 0 Å². The number of aryl methyl sites for hydroxylation is 1. The first kappa shape index (κ1) is 16.9. The average molecular weight is 359 g/mol. The van der Waals surface area contributed by atoms with E-state index in [1.807, 2.05) is 37.4 Å². The third kappa shape index (κ3) is 3.73. The second-order valence-electron chi connectivity index (χ2n) is 5.70. The summed E-state index contributed by atoms with van der Waals surface area (Å²) < 4.78 is 23.0. The predicted molar refractivity (Wildman–Crippen MR) is 97.8 cm³/mol. The Morgan fingerprint density at radius 2 is 1.83 bits per heavy atom. The molecule has 0 N–H and O–H groups in total. The van der Waals surface area contributed by atoms with Gasteiger partial charge in [0.25, 0.3) is 0 Å². The van der Waals surface area contributed by atoms with E-state index in [0.29, 0.717) is 0 Å². The first-order valence-corrected chi connectivity index (χ1v) is 10.6. The summed E-state index contributed by atoms with van der Waals surface area (Å²) in [6.07, 6.45) is 6.71. The third-order valence-corrected chi connectivity index (χ3v) is 5.05. The van der Waals surface area contributed by atoms with E-state index in [-0.39, 0.29) is 5.75 Å². The van der Waals surface area contributed by atoms with Crippen LogP contribution in [0.2, 0.25) is 0 Å². The van der Waals surface area contributed by atoms with Crippen molar-refractivity contribution in [3.63, 3.8) is 0 Å². The van der Waals surface area contributed by atoms with Gasteiger partial charge in [0.2, 0.25) is 0 Å². The van der Waals surface area contributed by atoms with Gasteiger partial charge in [0.1, 0.15) is 0 Å². The van der Waals surface area contributed by atoms with Crippen LogP contribution in [0.4, 0.5) is 0 Å². The molecule has 2 heterocycles.